The lowest BCUT2D eigenvalue weighted by atomic mass is 10.2. The SMILES string of the molecule is CCc1cc(C(=O)OC)cnc1Br. The van der Waals surface area contributed by atoms with Crippen LogP contribution in [0.2, 0.25) is 0 Å². The van der Waals surface area contributed by atoms with Crippen molar-refractivity contribution >= 4 is 21.9 Å². The van der Waals surface area contributed by atoms with Crippen molar-refractivity contribution < 1.29 is 9.53 Å². The minimum atomic E-state index is -0.352. The third-order valence-corrected chi connectivity index (χ3v) is 2.43. The van der Waals surface area contributed by atoms with Crippen molar-refractivity contribution in [2.24, 2.45) is 0 Å². The predicted molar refractivity (Wildman–Crippen MR) is 52.7 cm³/mol. The van der Waals surface area contributed by atoms with Gasteiger partial charge in [0, 0.05) is 6.20 Å². The van der Waals surface area contributed by atoms with Crippen LogP contribution in [0.3, 0.4) is 0 Å². The summed E-state index contributed by atoms with van der Waals surface area (Å²) in [6.07, 6.45) is 2.33. The van der Waals surface area contributed by atoms with Gasteiger partial charge in [-0.1, -0.05) is 6.92 Å². The van der Waals surface area contributed by atoms with E-state index >= 15 is 0 Å². The number of methoxy groups -OCH3 is 1. The number of hydrogen-bond donors (Lipinski definition) is 0. The van der Waals surface area contributed by atoms with Gasteiger partial charge in [0.1, 0.15) is 4.60 Å². The second kappa shape index (κ2) is 4.37. The van der Waals surface area contributed by atoms with Crippen molar-refractivity contribution in [3.05, 3.63) is 28.0 Å². The Bertz CT molecular complexity index is 325. The molecule has 4 heteroatoms. The van der Waals surface area contributed by atoms with E-state index in [-0.39, 0.29) is 5.97 Å². The van der Waals surface area contributed by atoms with E-state index in [9.17, 15) is 4.79 Å². The molecule has 13 heavy (non-hydrogen) atoms. The smallest absolute Gasteiger partial charge is 0.339 e. The number of aryl methyl sites for hydroxylation is 1. The molecule has 0 N–H and O–H groups in total. The number of aromatic nitrogens is 1. The third-order valence-electron chi connectivity index (χ3n) is 1.71. The minimum absolute atomic E-state index is 0.352. The average molecular weight is 244 g/mol. The molecule has 70 valence electrons. The molecule has 0 saturated carbocycles. The Labute approximate surface area is 85.3 Å². The Balaban J connectivity index is 3.06. The maximum Gasteiger partial charge on any atom is 0.339 e. The molecule has 0 amide bonds. The van der Waals surface area contributed by atoms with Gasteiger partial charge in [-0.3, -0.25) is 0 Å². The molecular formula is C9H10BrNO2. The molecule has 0 spiro atoms. The predicted octanol–water partition coefficient (Wildman–Crippen LogP) is 2.19. The lowest BCUT2D eigenvalue weighted by Gasteiger charge is -2.02. The summed E-state index contributed by atoms with van der Waals surface area (Å²) in [6.45, 7) is 2.00. The first-order chi connectivity index (χ1) is 6.19. The van der Waals surface area contributed by atoms with Gasteiger partial charge in [0.2, 0.25) is 0 Å². The van der Waals surface area contributed by atoms with Crippen molar-refractivity contribution in [1.29, 1.82) is 0 Å². The van der Waals surface area contributed by atoms with Crippen molar-refractivity contribution in [3.8, 4) is 0 Å². The van der Waals surface area contributed by atoms with Crippen LogP contribution < -0.4 is 0 Å². The fourth-order valence-corrected chi connectivity index (χ4v) is 1.47. The fourth-order valence-electron chi connectivity index (χ4n) is 0.971. The summed E-state index contributed by atoms with van der Waals surface area (Å²) in [5, 5.41) is 0. The van der Waals surface area contributed by atoms with Crippen molar-refractivity contribution in [3.63, 3.8) is 0 Å². The number of esters is 1. The molecule has 1 aromatic rings. The van der Waals surface area contributed by atoms with Gasteiger partial charge in [-0.05, 0) is 34.0 Å². The molecule has 0 saturated heterocycles. The van der Waals surface area contributed by atoms with Gasteiger partial charge in [-0.25, -0.2) is 9.78 Å². The van der Waals surface area contributed by atoms with Crippen LogP contribution in [0, 0.1) is 0 Å². The summed E-state index contributed by atoms with van der Waals surface area (Å²) >= 11 is 3.30. The largest absolute Gasteiger partial charge is 0.465 e. The molecule has 0 aliphatic carbocycles. The average Bonchev–Trinajstić information content (AvgIpc) is 2.17. The van der Waals surface area contributed by atoms with Crippen LogP contribution >= 0.6 is 15.9 Å². The van der Waals surface area contributed by atoms with Gasteiger partial charge in [0.05, 0.1) is 12.7 Å². The summed E-state index contributed by atoms with van der Waals surface area (Å²) < 4.78 is 5.36. The highest BCUT2D eigenvalue weighted by molar-refractivity contribution is 9.10. The Morgan fingerprint density at radius 1 is 1.69 bits per heavy atom. The number of carbonyl (C=O) groups is 1. The molecule has 1 heterocycles. The standard InChI is InChI=1S/C9H10BrNO2/c1-3-6-4-7(9(12)13-2)5-11-8(6)10/h4-5H,3H2,1-2H3. The molecule has 0 atom stereocenters. The van der Waals surface area contributed by atoms with E-state index < -0.39 is 0 Å². The van der Waals surface area contributed by atoms with Crippen LogP contribution in [0.4, 0.5) is 0 Å². The molecule has 3 nitrogen and oxygen atoms in total. The summed E-state index contributed by atoms with van der Waals surface area (Å²) in [5.74, 6) is -0.352. The second-order valence-corrected chi connectivity index (χ2v) is 3.27. The lowest BCUT2D eigenvalue weighted by Crippen LogP contribution is -2.03. The van der Waals surface area contributed by atoms with Crippen LogP contribution in [-0.2, 0) is 11.2 Å². The zero-order valence-electron chi connectivity index (χ0n) is 7.50. The Morgan fingerprint density at radius 3 is 2.92 bits per heavy atom. The number of pyridine rings is 1. The van der Waals surface area contributed by atoms with Crippen molar-refractivity contribution in [1.82, 2.24) is 4.98 Å². The van der Waals surface area contributed by atoms with E-state index in [1.807, 2.05) is 6.92 Å². The van der Waals surface area contributed by atoms with Gasteiger partial charge >= 0.3 is 5.97 Å². The highest BCUT2D eigenvalue weighted by Crippen LogP contribution is 2.15. The molecule has 0 fully saturated rings. The van der Waals surface area contributed by atoms with Gasteiger partial charge in [-0.2, -0.15) is 0 Å². The topological polar surface area (TPSA) is 39.2 Å². The highest BCUT2D eigenvalue weighted by Gasteiger charge is 2.08. The van der Waals surface area contributed by atoms with E-state index in [0.717, 1.165) is 16.6 Å². The van der Waals surface area contributed by atoms with E-state index in [1.54, 1.807) is 6.07 Å². The van der Waals surface area contributed by atoms with Crippen molar-refractivity contribution in [2.75, 3.05) is 7.11 Å². The third kappa shape index (κ3) is 2.28. The summed E-state index contributed by atoms with van der Waals surface area (Å²) in [7, 11) is 1.36. The van der Waals surface area contributed by atoms with Crippen LogP contribution in [0.1, 0.15) is 22.8 Å². The van der Waals surface area contributed by atoms with E-state index in [1.165, 1.54) is 13.3 Å². The van der Waals surface area contributed by atoms with Crippen LogP contribution in [0.15, 0.2) is 16.9 Å². The number of hydrogen-bond acceptors (Lipinski definition) is 3. The Kier molecular flexibility index (Phi) is 3.42. The molecule has 0 aromatic carbocycles. The maximum absolute atomic E-state index is 11.1. The molecule has 0 radical (unpaired) electrons. The van der Waals surface area contributed by atoms with Crippen LogP contribution in [-0.4, -0.2) is 18.1 Å². The molecule has 0 aliphatic heterocycles. The first kappa shape index (κ1) is 10.2. The molecule has 1 aromatic heterocycles. The number of ether oxygens (including phenoxy) is 1. The van der Waals surface area contributed by atoms with Gasteiger partial charge in [0.15, 0.2) is 0 Å². The fraction of sp³-hybridized carbons (Fsp3) is 0.333. The molecule has 0 unspecified atom stereocenters. The molecule has 0 bridgehead atoms. The Hall–Kier alpha value is -0.900. The first-order valence-corrected chi connectivity index (χ1v) is 4.71. The zero-order chi connectivity index (χ0) is 9.84. The van der Waals surface area contributed by atoms with E-state index in [2.05, 4.69) is 25.7 Å². The maximum atomic E-state index is 11.1. The first-order valence-electron chi connectivity index (χ1n) is 3.91. The summed E-state index contributed by atoms with van der Waals surface area (Å²) in [6, 6.07) is 1.78. The number of rotatable bonds is 2. The number of halogens is 1. The summed E-state index contributed by atoms with van der Waals surface area (Å²) in [4.78, 5) is 15.2. The van der Waals surface area contributed by atoms with Crippen LogP contribution in [0.5, 0.6) is 0 Å². The van der Waals surface area contributed by atoms with Gasteiger partial charge in [-0.15, -0.1) is 0 Å². The van der Waals surface area contributed by atoms with E-state index in [0.29, 0.717) is 5.56 Å². The molecular weight excluding hydrogens is 234 g/mol. The van der Waals surface area contributed by atoms with Gasteiger partial charge < -0.3 is 4.74 Å². The lowest BCUT2D eigenvalue weighted by molar-refractivity contribution is 0.0600. The van der Waals surface area contributed by atoms with Gasteiger partial charge in [0.25, 0.3) is 0 Å². The highest BCUT2D eigenvalue weighted by atomic mass is 79.9. The van der Waals surface area contributed by atoms with Crippen molar-refractivity contribution in [2.45, 2.75) is 13.3 Å². The Morgan fingerprint density at radius 2 is 2.38 bits per heavy atom. The molecule has 1 rings (SSSR count). The quantitative estimate of drug-likeness (QED) is 0.591. The number of nitrogens with zero attached hydrogens (tertiary/aromatic N) is 1. The number of carbonyl (C=O) groups excluding carboxylic acids is 1. The molecule has 0 aliphatic rings. The van der Waals surface area contributed by atoms with Crippen LogP contribution in [0.25, 0.3) is 0 Å². The monoisotopic (exact) mass is 243 g/mol. The minimum Gasteiger partial charge on any atom is -0.465 e. The summed E-state index contributed by atoms with van der Waals surface area (Å²) in [5.41, 5.74) is 1.49. The zero-order valence-corrected chi connectivity index (χ0v) is 9.09. The van der Waals surface area contributed by atoms with E-state index in [4.69, 9.17) is 0 Å². The normalized spacial score (nSPS) is 9.77. The second-order valence-electron chi connectivity index (χ2n) is 2.52.